The lowest BCUT2D eigenvalue weighted by Gasteiger charge is -2.07. The van der Waals surface area contributed by atoms with Crippen molar-refractivity contribution in [3.8, 4) is 11.5 Å². The number of rotatable bonds is 8. The van der Waals surface area contributed by atoms with Crippen molar-refractivity contribution in [1.82, 2.24) is 5.32 Å². The first-order chi connectivity index (χ1) is 8.92. The van der Waals surface area contributed by atoms with Gasteiger partial charge in [0.25, 0.3) is 0 Å². The maximum atomic E-state index is 5.46. The maximum Gasteiger partial charge on any atom is 0.231 e. The molecule has 1 aliphatic heterocycles. The van der Waals surface area contributed by atoms with E-state index in [4.69, 9.17) is 14.2 Å². The average Bonchev–Trinajstić information content (AvgIpc) is 2.86. The normalized spacial score (nSPS) is 12.9. The molecule has 0 aliphatic carbocycles. The third kappa shape index (κ3) is 3.62. The highest BCUT2D eigenvalue weighted by Gasteiger charge is 2.16. The number of hydrogen-bond donors (Lipinski definition) is 1. The monoisotopic (exact) mass is 251 g/mol. The molecule has 4 heteroatoms. The van der Waals surface area contributed by atoms with Crippen molar-refractivity contribution in [3.63, 3.8) is 0 Å². The molecule has 1 heterocycles. The highest BCUT2D eigenvalue weighted by Crippen LogP contribution is 2.35. The SMILES string of the molecule is COCCCCCNCc1cccc2c1OCO2. The fraction of sp³-hybridized carbons (Fsp3) is 0.571. The number of fused-ring (bicyclic) bond motifs is 1. The van der Waals surface area contributed by atoms with E-state index in [0.717, 1.165) is 37.6 Å². The van der Waals surface area contributed by atoms with Crippen LogP contribution in [-0.4, -0.2) is 27.1 Å². The van der Waals surface area contributed by atoms with Crippen molar-refractivity contribution in [2.45, 2.75) is 25.8 Å². The molecule has 100 valence electrons. The summed E-state index contributed by atoms with van der Waals surface area (Å²) in [6, 6.07) is 6.02. The van der Waals surface area contributed by atoms with E-state index in [-0.39, 0.29) is 0 Å². The van der Waals surface area contributed by atoms with Gasteiger partial charge in [0.1, 0.15) is 0 Å². The molecule has 1 aromatic carbocycles. The molecule has 2 rings (SSSR count). The zero-order valence-corrected chi connectivity index (χ0v) is 10.9. The molecule has 4 nitrogen and oxygen atoms in total. The number of benzene rings is 1. The summed E-state index contributed by atoms with van der Waals surface area (Å²) in [6.45, 7) is 3.05. The molecule has 0 bridgehead atoms. The Labute approximate surface area is 108 Å². The van der Waals surface area contributed by atoms with Gasteiger partial charge in [0.15, 0.2) is 11.5 Å². The van der Waals surface area contributed by atoms with Gasteiger partial charge in [-0.2, -0.15) is 0 Å². The van der Waals surface area contributed by atoms with E-state index in [0.29, 0.717) is 6.79 Å². The van der Waals surface area contributed by atoms with Gasteiger partial charge in [-0.25, -0.2) is 0 Å². The standard InChI is InChI=1S/C14H21NO3/c1-16-9-4-2-3-8-15-10-12-6-5-7-13-14(12)18-11-17-13/h5-7,15H,2-4,8-11H2,1H3. The van der Waals surface area contributed by atoms with Crippen LogP contribution in [0.4, 0.5) is 0 Å². The van der Waals surface area contributed by atoms with Crippen LogP contribution in [0.3, 0.4) is 0 Å². The highest BCUT2D eigenvalue weighted by atomic mass is 16.7. The Bertz CT molecular complexity index is 368. The lowest BCUT2D eigenvalue weighted by molar-refractivity contribution is 0.173. The van der Waals surface area contributed by atoms with Crippen molar-refractivity contribution in [3.05, 3.63) is 23.8 Å². The molecule has 0 atom stereocenters. The second kappa shape index (κ2) is 7.24. The first kappa shape index (κ1) is 13.2. The fourth-order valence-electron chi connectivity index (χ4n) is 2.03. The minimum Gasteiger partial charge on any atom is -0.454 e. The zero-order valence-electron chi connectivity index (χ0n) is 10.9. The molecule has 1 aromatic rings. The molecule has 0 saturated carbocycles. The van der Waals surface area contributed by atoms with E-state index in [1.54, 1.807) is 7.11 Å². The van der Waals surface area contributed by atoms with E-state index < -0.39 is 0 Å². The van der Waals surface area contributed by atoms with Gasteiger partial charge >= 0.3 is 0 Å². The maximum absolute atomic E-state index is 5.46. The second-order valence-electron chi connectivity index (χ2n) is 4.38. The van der Waals surface area contributed by atoms with E-state index in [1.807, 2.05) is 12.1 Å². The van der Waals surface area contributed by atoms with Gasteiger partial charge in [0.2, 0.25) is 6.79 Å². The van der Waals surface area contributed by atoms with Crippen LogP contribution in [0.25, 0.3) is 0 Å². The number of nitrogens with one attached hydrogen (secondary N) is 1. The zero-order chi connectivity index (χ0) is 12.6. The largest absolute Gasteiger partial charge is 0.454 e. The summed E-state index contributed by atoms with van der Waals surface area (Å²) < 4.78 is 15.8. The number of hydrogen-bond acceptors (Lipinski definition) is 4. The first-order valence-electron chi connectivity index (χ1n) is 6.49. The lowest BCUT2D eigenvalue weighted by atomic mass is 10.2. The summed E-state index contributed by atoms with van der Waals surface area (Å²) in [5.41, 5.74) is 1.17. The molecule has 0 fully saturated rings. The smallest absolute Gasteiger partial charge is 0.231 e. The molecular formula is C14H21NO3. The summed E-state index contributed by atoms with van der Waals surface area (Å²) in [6.07, 6.45) is 3.51. The average molecular weight is 251 g/mol. The first-order valence-corrected chi connectivity index (χ1v) is 6.49. The third-order valence-electron chi connectivity index (χ3n) is 3.00. The Morgan fingerprint density at radius 2 is 2.17 bits per heavy atom. The fourth-order valence-corrected chi connectivity index (χ4v) is 2.03. The molecule has 0 saturated heterocycles. The van der Waals surface area contributed by atoms with E-state index in [2.05, 4.69) is 11.4 Å². The van der Waals surface area contributed by atoms with Gasteiger partial charge in [-0.1, -0.05) is 12.1 Å². The predicted octanol–water partition coefficient (Wildman–Crippen LogP) is 2.32. The van der Waals surface area contributed by atoms with Crippen LogP contribution >= 0.6 is 0 Å². The number of methoxy groups -OCH3 is 1. The Morgan fingerprint density at radius 1 is 1.22 bits per heavy atom. The Hall–Kier alpha value is -1.26. The van der Waals surface area contributed by atoms with Crippen molar-refractivity contribution >= 4 is 0 Å². The minimum absolute atomic E-state index is 0.337. The summed E-state index contributed by atoms with van der Waals surface area (Å²) in [7, 11) is 1.75. The van der Waals surface area contributed by atoms with Crippen LogP contribution in [0.2, 0.25) is 0 Å². The number of ether oxygens (including phenoxy) is 3. The Morgan fingerprint density at radius 3 is 3.06 bits per heavy atom. The Kier molecular flexibility index (Phi) is 5.30. The molecule has 0 radical (unpaired) electrons. The van der Waals surface area contributed by atoms with Crippen LogP contribution in [0.5, 0.6) is 11.5 Å². The van der Waals surface area contributed by atoms with E-state index >= 15 is 0 Å². The molecule has 18 heavy (non-hydrogen) atoms. The van der Waals surface area contributed by atoms with Crippen molar-refractivity contribution < 1.29 is 14.2 Å². The van der Waals surface area contributed by atoms with E-state index in [1.165, 1.54) is 18.4 Å². The molecule has 0 unspecified atom stereocenters. The molecule has 0 aromatic heterocycles. The van der Waals surface area contributed by atoms with E-state index in [9.17, 15) is 0 Å². The van der Waals surface area contributed by atoms with Crippen LogP contribution in [0.15, 0.2) is 18.2 Å². The van der Waals surface area contributed by atoms with Crippen LogP contribution in [0.1, 0.15) is 24.8 Å². The lowest BCUT2D eigenvalue weighted by Crippen LogP contribution is -2.15. The van der Waals surface area contributed by atoms with Crippen LogP contribution in [0, 0.1) is 0 Å². The van der Waals surface area contributed by atoms with Gasteiger partial charge in [0.05, 0.1) is 0 Å². The highest BCUT2D eigenvalue weighted by molar-refractivity contribution is 5.48. The van der Waals surface area contributed by atoms with Gasteiger partial charge in [0, 0.05) is 25.8 Å². The van der Waals surface area contributed by atoms with Gasteiger partial charge in [-0.3, -0.25) is 0 Å². The predicted molar refractivity (Wildman–Crippen MR) is 70.0 cm³/mol. The molecule has 1 N–H and O–H groups in total. The summed E-state index contributed by atoms with van der Waals surface area (Å²) in [5, 5.41) is 3.43. The van der Waals surface area contributed by atoms with Crippen molar-refractivity contribution in [1.29, 1.82) is 0 Å². The van der Waals surface area contributed by atoms with Crippen LogP contribution < -0.4 is 14.8 Å². The third-order valence-corrected chi connectivity index (χ3v) is 3.00. The number of para-hydroxylation sites is 1. The van der Waals surface area contributed by atoms with Crippen molar-refractivity contribution in [2.24, 2.45) is 0 Å². The minimum atomic E-state index is 0.337. The quantitative estimate of drug-likeness (QED) is 0.720. The molecule has 0 spiro atoms. The topological polar surface area (TPSA) is 39.7 Å². The summed E-state index contributed by atoms with van der Waals surface area (Å²) in [5.74, 6) is 1.75. The van der Waals surface area contributed by atoms with Crippen LogP contribution in [-0.2, 0) is 11.3 Å². The summed E-state index contributed by atoms with van der Waals surface area (Å²) in [4.78, 5) is 0. The summed E-state index contributed by atoms with van der Waals surface area (Å²) >= 11 is 0. The molecule has 1 aliphatic rings. The molecular weight excluding hydrogens is 230 g/mol. The van der Waals surface area contributed by atoms with Gasteiger partial charge in [-0.05, 0) is 31.9 Å². The number of unbranched alkanes of at least 4 members (excludes halogenated alkanes) is 2. The van der Waals surface area contributed by atoms with Crippen molar-refractivity contribution in [2.75, 3.05) is 27.1 Å². The van der Waals surface area contributed by atoms with Gasteiger partial charge in [-0.15, -0.1) is 0 Å². The van der Waals surface area contributed by atoms with Gasteiger partial charge < -0.3 is 19.5 Å². The Balaban J connectivity index is 1.66. The molecule has 0 amide bonds. The second-order valence-corrected chi connectivity index (χ2v) is 4.38.